The van der Waals surface area contributed by atoms with E-state index in [4.69, 9.17) is 4.74 Å². The molecule has 3 aliphatic carbocycles. The Labute approximate surface area is 171 Å². The lowest BCUT2D eigenvalue weighted by Gasteiger charge is -2.48. The van der Waals surface area contributed by atoms with Gasteiger partial charge in [-0.15, -0.1) is 0 Å². The number of ether oxygens (including phenoxy) is 1. The number of aromatic nitrogens is 1. The highest BCUT2D eigenvalue weighted by Gasteiger charge is 2.54. The van der Waals surface area contributed by atoms with E-state index in [1.54, 1.807) is 0 Å². The summed E-state index contributed by atoms with van der Waals surface area (Å²) in [6, 6.07) is 9.04. The highest BCUT2D eigenvalue weighted by atomic mass is 16.5. The molecular formula is C26H27NO2. The topological polar surface area (TPSA) is 39.2 Å². The van der Waals surface area contributed by atoms with Crippen molar-refractivity contribution in [2.75, 3.05) is 0 Å². The molecule has 0 amide bonds. The van der Waals surface area contributed by atoms with Gasteiger partial charge in [-0.25, -0.2) is 0 Å². The number of Topliss-reactive ketones (excluding diaryl/α,β-unsaturated/α-hetero) is 1. The summed E-state index contributed by atoms with van der Waals surface area (Å²) in [6.07, 6.45) is 13.4. The molecule has 0 N–H and O–H groups in total. The third-order valence-electron chi connectivity index (χ3n) is 8.17. The van der Waals surface area contributed by atoms with E-state index in [9.17, 15) is 4.79 Å². The molecule has 0 bridgehead atoms. The van der Waals surface area contributed by atoms with Gasteiger partial charge in [-0.3, -0.25) is 9.78 Å². The van der Waals surface area contributed by atoms with Gasteiger partial charge in [0.25, 0.3) is 0 Å². The Morgan fingerprint density at radius 1 is 1.10 bits per heavy atom. The fourth-order valence-corrected chi connectivity index (χ4v) is 6.57. The number of hydrogen-bond acceptors (Lipinski definition) is 3. The molecule has 3 heteroatoms. The molecule has 2 saturated carbocycles. The molecule has 1 aliphatic heterocycles. The van der Waals surface area contributed by atoms with Crippen LogP contribution < -0.4 is 0 Å². The van der Waals surface area contributed by atoms with Gasteiger partial charge < -0.3 is 4.74 Å². The fraction of sp³-hybridized carbons (Fsp3) is 0.462. The van der Waals surface area contributed by atoms with Crippen molar-refractivity contribution in [3.05, 3.63) is 65.2 Å². The number of fused-ring (bicyclic) bond motifs is 4. The van der Waals surface area contributed by atoms with E-state index < -0.39 is 0 Å². The molecule has 2 heterocycles. The Hall–Kier alpha value is -2.42. The number of carbonyl (C=O) groups is 1. The van der Waals surface area contributed by atoms with Gasteiger partial charge in [0.1, 0.15) is 11.9 Å². The predicted molar refractivity (Wildman–Crippen MR) is 113 cm³/mol. The lowest BCUT2D eigenvalue weighted by atomic mass is 9.61. The standard InChI is InChI=1S/C26H27NO2/c1-26-11-9-18-14-20-23(28)3-2-4-24(20)29-25(18)22(26)8-7-21(26)17-5-6-19-15-27-12-10-16(19)13-17/h5-6,10,12-15,21-22,25H,2-4,7-9,11H2,1H3/t21-,22+,25-,26-/m1/s1. The monoisotopic (exact) mass is 385 g/mol. The van der Waals surface area contributed by atoms with Crippen LogP contribution >= 0.6 is 0 Å². The molecule has 4 atom stereocenters. The van der Waals surface area contributed by atoms with E-state index in [0.29, 0.717) is 18.3 Å². The van der Waals surface area contributed by atoms with Crippen LogP contribution in [-0.2, 0) is 9.53 Å². The van der Waals surface area contributed by atoms with Gasteiger partial charge in [-0.05, 0) is 72.1 Å². The Morgan fingerprint density at radius 2 is 2.03 bits per heavy atom. The van der Waals surface area contributed by atoms with Gasteiger partial charge in [0.15, 0.2) is 5.78 Å². The number of rotatable bonds is 1. The molecular weight excluding hydrogens is 358 g/mol. The van der Waals surface area contributed by atoms with E-state index in [2.05, 4.69) is 42.2 Å². The Bertz CT molecular complexity index is 1080. The largest absolute Gasteiger partial charge is 0.489 e. The summed E-state index contributed by atoms with van der Waals surface area (Å²) in [5.41, 5.74) is 3.96. The highest BCUT2D eigenvalue weighted by Crippen LogP contribution is 2.62. The van der Waals surface area contributed by atoms with Crippen LogP contribution in [0.3, 0.4) is 0 Å². The van der Waals surface area contributed by atoms with Crippen molar-refractivity contribution >= 4 is 16.6 Å². The van der Waals surface area contributed by atoms with Crippen molar-refractivity contribution in [1.82, 2.24) is 4.98 Å². The number of nitrogens with zero attached hydrogens (tertiary/aromatic N) is 1. The van der Waals surface area contributed by atoms with Crippen molar-refractivity contribution in [1.29, 1.82) is 0 Å². The Balaban J connectivity index is 1.34. The normalized spacial score (nSPS) is 33.6. The maximum Gasteiger partial charge on any atom is 0.166 e. The molecule has 2 fully saturated rings. The highest BCUT2D eigenvalue weighted by molar-refractivity contribution is 5.99. The van der Waals surface area contributed by atoms with Gasteiger partial charge in [-0.1, -0.05) is 25.1 Å². The smallest absolute Gasteiger partial charge is 0.166 e. The van der Waals surface area contributed by atoms with Gasteiger partial charge in [-0.2, -0.15) is 0 Å². The molecule has 29 heavy (non-hydrogen) atoms. The third kappa shape index (κ3) is 2.56. The second kappa shape index (κ2) is 6.29. The summed E-state index contributed by atoms with van der Waals surface area (Å²) in [6.45, 7) is 2.49. The molecule has 2 aromatic rings. The summed E-state index contributed by atoms with van der Waals surface area (Å²) in [7, 11) is 0. The summed E-state index contributed by atoms with van der Waals surface area (Å²) in [5.74, 6) is 2.35. The van der Waals surface area contributed by atoms with Crippen LogP contribution in [0.15, 0.2) is 59.6 Å². The predicted octanol–water partition coefficient (Wildman–Crippen LogP) is 5.86. The first-order chi connectivity index (χ1) is 14.1. The van der Waals surface area contributed by atoms with E-state index in [1.165, 1.54) is 41.2 Å². The van der Waals surface area contributed by atoms with Crippen molar-refractivity contribution in [2.45, 2.75) is 63.9 Å². The summed E-state index contributed by atoms with van der Waals surface area (Å²) in [5, 5.41) is 2.49. The fourth-order valence-electron chi connectivity index (χ4n) is 6.57. The van der Waals surface area contributed by atoms with Gasteiger partial charge >= 0.3 is 0 Å². The molecule has 3 nitrogen and oxygen atoms in total. The maximum absolute atomic E-state index is 12.4. The zero-order valence-corrected chi connectivity index (χ0v) is 17.0. The molecule has 1 aromatic carbocycles. The van der Waals surface area contributed by atoms with E-state index >= 15 is 0 Å². The second-order valence-corrected chi connectivity index (χ2v) is 9.60. The van der Waals surface area contributed by atoms with Gasteiger partial charge in [0.05, 0.1) is 5.57 Å². The Morgan fingerprint density at radius 3 is 2.97 bits per heavy atom. The second-order valence-electron chi connectivity index (χ2n) is 9.60. The van der Waals surface area contributed by atoms with E-state index in [1.807, 2.05) is 12.4 Å². The SMILES string of the molecule is C[C@]12CCC3=CC4=C(CCCC4=O)O[C@H]3[C@@H]1CC[C@@H]2c1ccc2cnccc2c1. The number of carbonyl (C=O) groups excluding carboxylic acids is 1. The number of benzene rings is 1. The summed E-state index contributed by atoms with van der Waals surface area (Å²) >= 11 is 0. The van der Waals surface area contributed by atoms with Crippen LogP contribution in [0.2, 0.25) is 0 Å². The van der Waals surface area contributed by atoms with Gasteiger partial charge in [0, 0.05) is 36.5 Å². The average Bonchev–Trinajstić information content (AvgIpc) is 3.10. The quantitative estimate of drug-likeness (QED) is 0.617. The van der Waals surface area contributed by atoms with Gasteiger partial charge in [0.2, 0.25) is 0 Å². The van der Waals surface area contributed by atoms with Crippen LogP contribution in [-0.4, -0.2) is 16.9 Å². The number of pyridine rings is 1. The Kier molecular flexibility index (Phi) is 3.78. The van der Waals surface area contributed by atoms with Crippen LogP contribution in [0.1, 0.15) is 63.4 Å². The lowest BCUT2D eigenvalue weighted by molar-refractivity contribution is -0.116. The number of ketones is 1. The molecule has 0 saturated heterocycles. The molecule has 148 valence electrons. The lowest BCUT2D eigenvalue weighted by Crippen LogP contribution is -2.43. The molecule has 1 aromatic heterocycles. The zero-order chi connectivity index (χ0) is 19.6. The van der Waals surface area contributed by atoms with Crippen LogP contribution in [0.25, 0.3) is 10.8 Å². The first-order valence-corrected chi connectivity index (χ1v) is 11.1. The molecule has 0 unspecified atom stereocenters. The van der Waals surface area contributed by atoms with E-state index in [-0.39, 0.29) is 17.3 Å². The minimum atomic E-state index is 0.174. The van der Waals surface area contributed by atoms with Crippen LogP contribution in [0.5, 0.6) is 0 Å². The van der Waals surface area contributed by atoms with Crippen LogP contribution in [0, 0.1) is 11.3 Å². The summed E-state index contributed by atoms with van der Waals surface area (Å²) in [4.78, 5) is 16.6. The third-order valence-corrected chi connectivity index (χ3v) is 8.17. The van der Waals surface area contributed by atoms with Crippen molar-refractivity contribution in [2.24, 2.45) is 11.3 Å². The zero-order valence-electron chi connectivity index (χ0n) is 17.0. The molecule has 6 rings (SSSR count). The molecule has 4 aliphatic rings. The minimum Gasteiger partial charge on any atom is -0.489 e. The van der Waals surface area contributed by atoms with Crippen molar-refractivity contribution in [3.8, 4) is 0 Å². The minimum absolute atomic E-state index is 0.174. The average molecular weight is 386 g/mol. The molecule has 0 spiro atoms. The van der Waals surface area contributed by atoms with Crippen molar-refractivity contribution in [3.63, 3.8) is 0 Å². The first-order valence-electron chi connectivity index (χ1n) is 11.1. The maximum atomic E-state index is 12.4. The van der Waals surface area contributed by atoms with Crippen molar-refractivity contribution < 1.29 is 9.53 Å². The first kappa shape index (κ1) is 17.4. The van der Waals surface area contributed by atoms with Crippen LogP contribution in [0.4, 0.5) is 0 Å². The van der Waals surface area contributed by atoms with E-state index in [0.717, 1.165) is 30.6 Å². The summed E-state index contributed by atoms with van der Waals surface area (Å²) < 4.78 is 6.58. The number of allylic oxidation sites excluding steroid dienone is 3. The molecule has 0 radical (unpaired) electrons. The number of hydrogen-bond donors (Lipinski definition) is 0.